The Balaban J connectivity index is 1.46. The molecule has 2 aromatic carbocycles. The minimum absolute atomic E-state index is 0.109. The van der Waals surface area contributed by atoms with Crippen LogP contribution in [0.5, 0.6) is 17.4 Å². The van der Waals surface area contributed by atoms with E-state index < -0.39 is 0 Å². The molecule has 38 heavy (non-hydrogen) atoms. The predicted octanol–water partition coefficient (Wildman–Crippen LogP) is 3.77. The van der Waals surface area contributed by atoms with Gasteiger partial charge < -0.3 is 29.9 Å². The van der Waals surface area contributed by atoms with Crippen molar-refractivity contribution in [2.75, 3.05) is 51.0 Å². The molecule has 2 N–H and O–H groups in total. The molecular formula is C28H32N6O4. The lowest BCUT2D eigenvalue weighted by Crippen LogP contribution is -2.47. The summed E-state index contributed by atoms with van der Waals surface area (Å²) in [5, 5.41) is 5.88. The van der Waals surface area contributed by atoms with E-state index >= 15 is 0 Å². The molecule has 1 aromatic heterocycles. The molecule has 0 atom stereocenters. The van der Waals surface area contributed by atoms with Crippen LogP contribution in [0.2, 0.25) is 0 Å². The lowest BCUT2D eigenvalue weighted by atomic mass is 10.1. The molecule has 2 heterocycles. The van der Waals surface area contributed by atoms with Crippen LogP contribution in [0.3, 0.4) is 0 Å². The van der Waals surface area contributed by atoms with Crippen LogP contribution in [0.25, 0.3) is 0 Å². The van der Waals surface area contributed by atoms with Gasteiger partial charge in [-0.2, -0.15) is 4.98 Å². The van der Waals surface area contributed by atoms with E-state index in [-0.39, 0.29) is 11.8 Å². The normalized spacial score (nSPS) is 13.5. The van der Waals surface area contributed by atoms with Crippen molar-refractivity contribution >= 4 is 29.1 Å². The van der Waals surface area contributed by atoms with Crippen molar-refractivity contribution in [2.24, 2.45) is 0 Å². The number of anilines is 3. The van der Waals surface area contributed by atoms with Crippen molar-refractivity contribution in [1.29, 1.82) is 0 Å². The summed E-state index contributed by atoms with van der Waals surface area (Å²) in [5.74, 6) is 1.56. The van der Waals surface area contributed by atoms with Gasteiger partial charge in [-0.05, 0) is 49.9 Å². The zero-order chi connectivity index (χ0) is 27.1. The highest BCUT2D eigenvalue weighted by Crippen LogP contribution is 2.30. The molecule has 0 radical (unpaired) electrons. The number of nitrogens with zero attached hydrogens (tertiary/aromatic N) is 4. The number of benzene rings is 2. The Morgan fingerprint density at radius 2 is 1.92 bits per heavy atom. The number of ether oxygens (including phenoxy) is 2. The van der Waals surface area contributed by atoms with Gasteiger partial charge in [0, 0.05) is 49.7 Å². The molecule has 1 saturated heterocycles. The number of likely N-dealkylation sites (N-methyl/N-ethyl adjacent to an activating group) is 1. The molecule has 10 heteroatoms. The van der Waals surface area contributed by atoms with Crippen LogP contribution in [0.15, 0.2) is 61.3 Å². The Morgan fingerprint density at radius 3 is 2.66 bits per heavy atom. The molecule has 0 spiro atoms. The largest absolute Gasteiger partial charge is 0.495 e. The number of piperazine rings is 1. The fourth-order valence-corrected chi connectivity index (χ4v) is 3.94. The number of carbonyl (C=O) groups excluding carboxylic acids is 2. The third-order valence-electron chi connectivity index (χ3n) is 6.15. The molecule has 4 rings (SSSR count). The quantitative estimate of drug-likeness (QED) is 0.414. The third kappa shape index (κ3) is 6.86. The Kier molecular flexibility index (Phi) is 8.55. The summed E-state index contributed by atoms with van der Waals surface area (Å²) in [4.78, 5) is 37.4. The van der Waals surface area contributed by atoms with Crippen molar-refractivity contribution < 1.29 is 19.1 Å². The molecule has 3 aromatic rings. The lowest BCUT2D eigenvalue weighted by molar-refractivity contribution is -0.132. The minimum atomic E-state index is -0.310. The van der Waals surface area contributed by atoms with E-state index in [1.54, 1.807) is 37.6 Å². The van der Waals surface area contributed by atoms with E-state index in [0.717, 1.165) is 37.3 Å². The molecule has 1 fully saturated rings. The molecule has 0 saturated carbocycles. The van der Waals surface area contributed by atoms with Crippen LogP contribution < -0.4 is 20.1 Å². The van der Waals surface area contributed by atoms with Gasteiger partial charge in [0.2, 0.25) is 23.6 Å². The molecule has 2 amide bonds. The first-order valence-corrected chi connectivity index (χ1v) is 12.3. The van der Waals surface area contributed by atoms with Crippen molar-refractivity contribution in [3.63, 3.8) is 0 Å². The SMILES string of the molecule is C=CC(=O)Nc1cccc(Oc2nc(Nc3ccc(CC(=O)N4CCN(C)CC4)cc3OC)ncc2C)c1. The maximum atomic E-state index is 12.8. The maximum absolute atomic E-state index is 12.8. The molecular weight excluding hydrogens is 484 g/mol. The topological polar surface area (TPSA) is 109 Å². The number of rotatable bonds is 9. The molecule has 0 bridgehead atoms. The first-order valence-electron chi connectivity index (χ1n) is 12.3. The maximum Gasteiger partial charge on any atom is 0.247 e. The summed E-state index contributed by atoms with van der Waals surface area (Å²) >= 11 is 0. The molecule has 10 nitrogen and oxygen atoms in total. The van der Waals surface area contributed by atoms with Crippen LogP contribution in [0, 0.1) is 6.92 Å². The van der Waals surface area contributed by atoms with Crippen LogP contribution in [0.4, 0.5) is 17.3 Å². The number of amides is 2. The first-order chi connectivity index (χ1) is 18.3. The van der Waals surface area contributed by atoms with Gasteiger partial charge in [0.15, 0.2) is 0 Å². The van der Waals surface area contributed by atoms with E-state index in [9.17, 15) is 9.59 Å². The van der Waals surface area contributed by atoms with Gasteiger partial charge in [-0.25, -0.2) is 4.98 Å². The molecule has 198 valence electrons. The Bertz CT molecular complexity index is 1320. The standard InChI is InChI=1S/C28H32N6O4/c1-5-25(35)30-21-7-6-8-22(17-21)38-27-19(2)18-29-28(32-27)31-23-10-9-20(15-24(23)37-4)16-26(36)34-13-11-33(3)12-14-34/h5-10,15,17-18H,1,11-14,16H2,2-4H3,(H,30,35)(H,29,31,32). The molecule has 0 aliphatic carbocycles. The van der Waals surface area contributed by atoms with Crippen molar-refractivity contribution in [3.05, 3.63) is 72.4 Å². The smallest absolute Gasteiger partial charge is 0.247 e. The highest BCUT2D eigenvalue weighted by molar-refractivity contribution is 5.98. The predicted molar refractivity (Wildman–Crippen MR) is 146 cm³/mol. The van der Waals surface area contributed by atoms with Gasteiger partial charge in [-0.3, -0.25) is 9.59 Å². The number of aromatic nitrogens is 2. The first kappa shape index (κ1) is 26.6. The minimum Gasteiger partial charge on any atom is -0.495 e. The zero-order valence-corrected chi connectivity index (χ0v) is 21.9. The summed E-state index contributed by atoms with van der Waals surface area (Å²) in [6.07, 6.45) is 3.17. The number of hydrogen-bond donors (Lipinski definition) is 2. The zero-order valence-electron chi connectivity index (χ0n) is 21.9. The van der Waals surface area contributed by atoms with E-state index in [1.165, 1.54) is 6.08 Å². The monoisotopic (exact) mass is 516 g/mol. The third-order valence-corrected chi connectivity index (χ3v) is 6.15. The summed E-state index contributed by atoms with van der Waals surface area (Å²) < 4.78 is 11.6. The fraction of sp³-hybridized carbons (Fsp3) is 0.286. The highest BCUT2D eigenvalue weighted by Gasteiger charge is 2.20. The van der Waals surface area contributed by atoms with Gasteiger partial charge >= 0.3 is 0 Å². The van der Waals surface area contributed by atoms with Crippen LogP contribution in [-0.2, 0) is 16.0 Å². The number of carbonyl (C=O) groups is 2. The van der Waals surface area contributed by atoms with Gasteiger partial charge in [0.05, 0.1) is 19.2 Å². The Morgan fingerprint density at radius 1 is 1.13 bits per heavy atom. The average molecular weight is 517 g/mol. The van der Waals surface area contributed by atoms with E-state index in [2.05, 4.69) is 39.1 Å². The average Bonchev–Trinajstić information content (AvgIpc) is 2.91. The second-order valence-corrected chi connectivity index (χ2v) is 9.03. The Hall–Kier alpha value is -4.44. The Labute approximate surface area is 222 Å². The van der Waals surface area contributed by atoms with Crippen LogP contribution in [-0.4, -0.2) is 71.9 Å². The van der Waals surface area contributed by atoms with Gasteiger partial charge in [-0.1, -0.05) is 18.7 Å². The number of nitrogens with one attached hydrogen (secondary N) is 2. The van der Waals surface area contributed by atoms with Gasteiger partial charge in [0.1, 0.15) is 11.5 Å². The lowest BCUT2D eigenvalue weighted by Gasteiger charge is -2.32. The van der Waals surface area contributed by atoms with Crippen LogP contribution >= 0.6 is 0 Å². The second-order valence-electron chi connectivity index (χ2n) is 9.03. The van der Waals surface area contributed by atoms with Crippen molar-refractivity contribution in [1.82, 2.24) is 19.8 Å². The fourth-order valence-electron chi connectivity index (χ4n) is 3.94. The van der Waals surface area contributed by atoms with Crippen molar-refractivity contribution in [3.8, 4) is 17.4 Å². The number of methoxy groups -OCH3 is 1. The summed E-state index contributed by atoms with van der Waals surface area (Å²) in [6, 6.07) is 12.6. The highest BCUT2D eigenvalue weighted by atomic mass is 16.5. The summed E-state index contributed by atoms with van der Waals surface area (Å²) in [5.41, 5.74) is 2.84. The molecule has 1 aliphatic rings. The van der Waals surface area contributed by atoms with E-state index in [4.69, 9.17) is 9.47 Å². The van der Waals surface area contributed by atoms with Crippen LogP contribution in [0.1, 0.15) is 11.1 Å². The van der Waals surface area contributed by atoms with Gasteiger partial charge in [0.25, 0.3) is 0 Å². The van der Waals surface area contributed by atoms with E-state index in [0.29, 0.717) is 41.1 Å². The molecule has 1 aliphatic heterocycles. The van der Waals surface area contributed by atoms with Gasteiger partial charge in [-0.15, -0.1) is 0 Å². The summed E-state index contributed by atoms with van der Waals surface area (Å²) in [7, 11) is 3.64. The second kappa shape index (κ2) is 12.2. The van der Waals surface area contributed by atoms with Crippen molar-refractivity contribution in [2.45, 2.75) is 13.3 Å². The molecule has 0 unspecified atom stereocenters. The summed E-state index contributed by atoms with van der Waals surface area (Å²) in [6.45, 7) is 8.56. The van der Waals surface area contributed by atoms with E-state index in [1.807, 2.05) is 30.0 Å². The number of hydrogen-bond acceptors (Lipinski definition) is 8. The number of aryl methyl sites for hydroxylation is 1.